The van der Waals surface area contributed by atoms with Crippen molar-refractivity contribution in [1.82, 2.24) is 4.90 Å². The van der Waals surface area contributed by atoms with Crippen LogP contribution < -0.4 is 9.47 Å². The molecule has 1 aliphatic heterocycles. The third kappa shape index (κ3) is 4.41. The number of likely N-dealkylation sites (tertiary alicyclic amines) is 1. The van der Waals surface area contributed by atoms with Crippen LogP contribution in [0.4, 0.5) is 0 Å². The van der Waals surface area contributed by atoms with E-state index in [1.807, 2.05) is 13.8 Å². The molecule has 1 saturated heterocycles. The highest BCUT2D eigenvalue weighted by Gasteiger charge is 2.46. The smallest absolute Gasteiger partial charge is 0.295 e. The van der Waals surface area contributed by atoms with Gasteiger partial charge in [-0.2, -0.15) is 0 Å². The quantitative estimate of drug-likeness (QED) is 0.396. The van der Waals surface area contributed by atoms with E-state index in [1.54, 1.807) is 49.6 Å². The van der Waals surface area contributed by atoms with Gasteiger partial charge in [-0.15, -0.1) is 0 Å². The summed E-state index contributed by atoms with van der Waals surface area (Å²) in [4.78, 5) is 27.2. The minimum atomic E-state index is -0.729. The molecule has 1 heterocycles. The van der Waals surface area contributed by atoms with Crippen molar-refractivity contribution in [2.45, 2.75) is 19.9 Å². The molecule has 0 aliphatic carbocycles. The van der Waals surface area contributed by atoms with Gasteiger partial charge in [0.1, 0.15) is 17.3 Å². The molecule has 164 valence electrons. The summed E-state index contributed by atoms with van der Waals surface area (Å²) < 4.78 is 15.9. The summed E-state index contributed by atoms with van der Waals surface area (Å²) >= 11 is 0. The molecule has 1 N–H and O–H groups in total. The number of carbonyl (C=O) groups excluding carboxylic acids is 2. The number of aliphatic hydroxyl groups is 1. The number of nitrogens with zero attached hydrogens (tertiary/aromatic N) is 1. The van der Waals surface area contributed by atoms with E-state index in [0.29, 0.717) is 29.2 Å². The number of aliphatic hydroxyl groups excluding tert-OH is 1. The second-order valence-electron chi connectivity index (χ2n) is 7.17. The van der Waals surface area contributed by atoms with Crippen LogP contribution in [-0.4, -0.2) is 55.7 Å². The summed E-state index contributed by atoms with van der Waals surface area (Å²) in [6.45, 7) is 4.72. The fraction of sp³-hybridized carbons (Fsp3) is 0.333. The Balaban J connectivity index is 2.13. The number of benzene rings is 2. The second-order valence-corrected chi connectivity index (χ2v) is 7.17. The van der Waals surface area contributed by atoms with E-state index in [-0.39, 0.29) is 24.5 Å². The van der Waals surface area contributed by atoms with Crippen LogP contribution in [0.25, 0.3) is 5.76 Å². The largest absolute Gasteiger partial charge is 0.507 e. The van der Waals surface area contributed by atoms with Gasteiger partial charge in [-0.05, 0) is 55.3 Å². The van der Waals surface area contributed by atoms with Crippen LogP contribution in [0.3, 0.4) is 0 Å². The molecule has 0 unspecified atom stereocenters. The molecule has 1 fully saturated rings. The van der Waals surface area contributed by atoms with E-state index in [1.165, 1.54) is 12.0 Å². The van der Waals surface area contributed by atoms with Crippen LogP contribution in [0.2, 0.25) is 0 Å². The lowest BCUT2D eigenvalue weighted by Crippen LogP contribution is -2.32. The van der Waals surface area contributed by atoms with Gasteiger partial charge in [0.2, 0.25) is 0 Å². The topological polar surface area (TPSA) is 85.3 Å². The van der Waals surface area contributed by atoms with Crippen LogP contribution in [0.15, 0.2) is 48.0 Å². The van der Waals surface area contributed by atoms with E-state index in [9.17, 15) is 14.7 Å². The van der Waals surface area contributed by atoms with Gasteiger partial charge in [0.05, 0.1) is 31.9 Å². The lowest BCUT2D eigenvalue weighted by molar-refractivity contribution is -0.140. The Morgan fingerprint density at radius 1 is 1.06 bits per heavy atom. The van der Waals surface area contributed by atoms with E-state index >= 15 is 0 Å². The molecule has 7 heteroatoms. The SMILES string of the molecule is CCOc1ccc([C@@H]2/C(=C(\O)c3ccc(OC)cc3C)C(=O)C(=O)N2CCOC)cc1. The first-order chi connectivity index (χ1) is 14.9. The monoisotopic (exact) mass is 425 g/mol. The van der Waals surface area contributed by atoms with Crippen LogP contribution in [-0.2, 0) is 14.3 Å². The van der Waals surface area contributed by atoms with Crippen molar-refractivity contribution >= 4 is 17.4 Å². The highest BCUT2D eigenvalue weighted by Crippen LogP contribution is 2.40. The Morgan fingerprint density at radius 2 is 1.74 bits per heavy atom. The molecule has 7 nitrogen and oxygen atoms in total. The molecule has 2 aromatic rings. The van der Waals surface area contributed by atoms with Crippen LogP contribution in [0.1, 0.15) is 29.7 Å². The molecule has 0 radical (unpaired) electrons. The zero-order valence-corrected chi connectivity index (χ0v) is 18.2. The van der Waals surface area contributed by atoms with Crippen LogP contribution in [0, 0.1) is 6.92 Å². The van der Waals surface area contributed by atoms with Gasteiger partial charge in [-0.25, -0.2) is 0 Å². The Labute approximate surface area is 181 Å². The lowest BCUT2D eigenvalue weighted by atomic mass is 9.94. The molecule has 0 aromatic heterocycles. The Bertz CT molecular complexity index is 996. The predicted octanol–water partition coefficient (Wildman–Crippen LogP) is 3.47. The Morgan fingerprint density at radius 3 is 2.32 bits per heavy atom. The van der Waals surface area contributed by atoms with E-state index in [4.69, 9.17) is 14.2 Å². The number of rotatable bonds is 8. The average molecular weight is 425 g/mol. The number of amides is 1. The molecule has 1 atom stereocenters. The number of carbonyl (C=O) groups is 2. The normalized spacial score (nSPS) is 17.8. The summed E-state index contributed by atoms with van der Waals surface area (Å²) in [6, 6.07) is 11.6. The molecule has 31 heavy (non-hydrogen) atoms. The van der Waals surface area contributed by atoms with Gasteiger partial charge < -0.3 is 24.2 Å². The van der Waals surface area contributed by atoms with Crippen molar-refractivity contribution in [1.29, 1.82) is 0 Å². The van der Waals surface area contributed by atoms with Gasteiger partial charge in [-0.3, -0.25) is 9.59 Å². The van der Waals surface area contributed by atoms with Crippen molar-refractivity contribution in [2.75, 3.05) is 34.0 Å². The number of hydrogen-bond acceptors (Lipinski definition) is 6. The number of methoxy groups -OCH3 is 2. The molecule has 3 rings (SSSR count). The van der Waals surface area contributed by atoms with Crippen LogP contribution in [0.5, 0.6) is 11.5 Å². The van der Waals surface area contributed by atoms with Crippen molar-refractivity contribution in [3.05, 3.63) is 64.7 Å². The number of aryl methyl sites for hydroxylation is 1. The number of hydrogen-bond donors (Lipinski definition) is 1. The fourth-order valence-corrected chi connectivity index (χ4v) is 3.73. The number of Topliss-reactive ketones (excluding diaryl/α,β-unsaturated/α-hetero) is 1. The van der Waals surface area contributed by atoms with E-state index < -0.39 is 17.7 Å². The van der Waals surface area contributed by atoms with Crippen molar-refractivity contribution in [3.63, 3.8) is 0 Å². The molecular formula is C24H27NO6. The highest BCUT2D eigenvalue weighted by molar-refractivity contribution is 6.46. The molecule has 0 bridgehead atoms. The highest BCUT2D eigenvalue weighted by atomic mass is 16.5. The zero-order chi connectivity index (χ0) is 22.5. The summed E-state index contributed by atoms with van der Waals surface area (Å²) in [5.41, 5.74) is 1.96. The second kappa shape index (κ2) is 9.66. The molecule has 1 aliphatic rings. The standard InChI is InChI=1S/C24H27NO6/c1-5-31-17-8-6-16(7-9-17)21-20(23(27)24(28)25(21)12-13-29-3)22(26)19-11-10-18(30-4)14-15(19)2/h6-11,14,21,26H,5,12-13H2,1-4H3/b22-20+/t21-/m1/s1. The predicted molar refractivity (Wildman–Crippen MR) is 116 cm³/mol. The first kappa shape index (κ1) is 22.4. The van der Waals surface area contributed by atoms with Gasteiger partial charge in [0, 0.05) is 19.2 Å². The molecular weight excluding hydrogens is 398 g/mol. The first-order valence-electron chi connectivity index (χ1n) is 10.1. The third-order valence-corrected chi connectivity index (χ3v) is 5.27. The number of ketones is 1. The molecule has 0 saturated carbocycles. The molecule has 1 amide bonds. The minimum absolute atomic E-state index is 0.0542. The molecule has 2 aromatic carbocycles. The van der Waals surface area contributed by atoms with Crippen LogP contribution >= 0.6 is 0 Å². The fourth-order valence-electron chi connectivity index (χ4n) is 3.73. The van der Waals surface area contributed by atoms with Gasteiger partial charge in [0.15, 0.2) is 0 Å². The lowest BCUT2D eigenvalue weighted by Gasteiger charge is -2.25. The maximum atomic E-state index is 13.0. The molecule has 0 spiro atoms. The van der Waals surface area contributed by atoms with Gasteiger partial charge in [0.25, 0.3) is 11.7 Å². The average Bonchev–Trinajstić information content (AvgIpc) is 3.02. The Hall–Kier alpha value is -3.32. The van der Waals surface area contributed by atoms with Gasteiger partial charge >= 0.3 is 0 Å². The Kier molecular flexibility index (Phi) is 6.97. The first-order valence-corrected chi connectivity index (χ1v) is 10.1. The summed E-state index contributed by atoms with van der Waals surface area (Å²) in [7, 11) is 3.09. The maximum absolute atomic E-state index is 13.0. The van der Waals surface area contributed by atoms with Gasteiger partial charge in [-0.1, -0.05) is 12.1 Å². The van der Waals surface area contributed by atoms with Crippen molar-refractivity contribution in [2.24, 2.45) is 0 Å². The zero-order valence-electron chi connectivity index (χ0n) is 18.2. The summed E-state index contributed by atoms with van der Waals surface area (Å²) in [5.74, 6) is -0.271. The van der Waals surface area contributed by atoms with Crippen molar-refractivity contribution < 1.29 is 28.9 Å². The maximum Gasteiger partial charge on any atom is 0.295 e. The third-order valence-electron chi connectivity index (χ3n) is 5.27. The minimum Gasteiger partial charge on any atom is -0.507 e. The summed E-state index contributed by atoms with van der Waals surface area (Å²) in [6.07, 6.45) is 0. The summed E-state index contributed by atoms with van der Waals surface area (Å²) in [5, 5.41) is 11.1. The number of ether oxygens (including phenoxy) is 3. The van der Waals surface area contributed by atoms with Crippen molar-refractivity contribution in [3.8, 4) is 11.5 Å². The van der Waals surface area contributed by atoms with E-state index in [0.717, 1.165) is 5.56 Å². The van der Waals surface area contributed by atoms with E-state index in [2.05, 4.69) is 0 Å².